The summed E-state index contributed by atoms with van der Waals surface area (Å²) in [5.74, 6) is -0.219. The zero-order valence-electron chi connectivity index (χ0n) is 15.0. The highest BCUT2D eigenvalue weighted by Gasteiger charge is 2.12. The molecule has 28 heavy (non-hydrogen) atoms. The van der Waals surface area contributed by atoms with E-state index < -0.39 is 0 Å². The molecule has 0 spiro atoms. The van der Waals surface area contributed by atoms with Crippen molar-refractivity contribution in [3.63, 3.8) is 0 Å². The number of nitrogens with zero attached hydrogens (tertiary/aromatic N) is 4. The van der Waals surface area contributed by atoms with Gasteiger partial charge in [0.15, 0.2) is 0 Å². The molecule has 1 heterocycles. The first-order valence-electron chi connectivity index (χ1n) is 8.45. The average molecular weight is 398 g/mol. The van der Waals surface area contributed by atoms with Crippen LogP contribution in [0.1, 0.15) is 17.3 Å². The summed E-state index contributed by atoms with van der Waals surface area (Å²) in [4.78, 5) is 24.2. The molecular weight excluding hydrogens is 380 g/mol. The molecule has 0 atom stereocenters. The van der Waals surface area contributed by atoms with Gasteiger partial charge in [-0.05, 0) is 59.8 Å². The van der Waals surface area contributed by atoms with Crippen molar-refractivity contribution in [2.24, 2.45) is 0 Å². The van der Waals surface area contributed by atoms with E-state index >= 15 is 0 Å². The second-order valence-corrected chi connectivity index (χ2v) is 6.61. The van der Waals surface area contributed by atoms with Gasteiger partial charge in [0, 0.05) is 17.8 Å². The van der Waals surface area contributed by atoms with Gasteiger partial charge in [0.05, 0.1) is 11.4 Å². The van der Waals surface area contributed by atoms with Gasteiger partial charge in [-0.25, -0.2) is 0 Å². The van der Waals surface area contributed by atoms with Crippen LogP contribution in [0.15, 0.2) is 53.7 Å². The molecule has 3 N–H and O–H groups in total. The van der Waals surface area contributed by atoms with Gasteiger partial charge in [0.1, 0.15) is 5.75 Å². The van der Waals surface area contributed by atoms with E-state index in [2.05, 4.69) is 26.2 Å². The molecule has 0 bridgehead atoms. The van der Waals surface area contributed by atoms with Crippen molar-refractivity contribution < 1.29 is 14.7 Å². The number of benzene rings is 2. The molecule has 1 aromatic heterocycles. The minimum absolute atomic E-state index is 0.0871. The lowest BCUT2D eigenvalue weighted by atomic mass is 10.2. The van der Waals surface area contributed by atoms with Gasteiger partial charge in [0.2, 0.25) is 11.1 Å². The molecule has 2 aromatic carbocycles. The Morgan fingerprint density at radius 2 is 1.96 bits per heavy atom. The number of aromatic hydroxyl groups is 1. The lowest BCUT2D eigenvalue weighted by Gasteiger charge is -2.08. The number of anilines is 1. The summed E-state index contributed by atoms with van der Waals surface area (Å²) in [7, 11) is 0. The zero-order valence-corrected chi connectivity index (χ0v) is 15.8. The van der Waals surface area contributed by atoms with E-state index in [1.165, 1.54) is 28.6 Å². The van der Waals surface area contributed by atoms with Crippen LogP contribution in [-0.4, -0.2) is 49.4 Å². The molecule has 2 amide bonds. The molecule has 3 rings (SSSR count). The molecule has 144 valence electrons. The molecule has 0 saturated heterocycles. The van der Waals surface area contributed by atoms with Crippen molar-refractivity contribution in [3.05, 3.63) is 54.1 Å². The largest absolute Gasteiger partial charge is 0.508 e. The number of phenols is 1. The molecular formula is C18H18N6O3S. The van der Waals surface area contributed by atoms with Gasteiger partial charge in [-0.15, -0.1) is 5.10 Å². The number of nitrogens with one attached hydrogen (secondary N) is 2. The molecule has 3 aromatic rings. The monoisotopic (exact) mass is 398 g/mol. The normalized spacial score (nSPS) is 10.5. The quantitative estimate of drug-likeness (QED) is 0.519. The second kappa shape index (κ2) is 9.00. The SMILES string of the molecule is CCNC(=O)c1cccc(NC(=O)CSc2nnnn2-c2ccc(O)cc2)c1. The van der Waals surface area contributed by atoms with Crippen LogP contribution in [0.4, 0.5) is 5.69 Å². The molecule has 0 aliphatic carbocycles. The lowest BCUT2D eigenvalue weighted by Crippen LogP contribution is -2.23. The summed E-state index contributed by atoms with van der Waals surface area (Å²) in [5.41, 5.74) is 1.68. The highest BCUT2D eigenvalue weighted by atomic mass is 32.2. The smallest absolute Gasteiger partial charge is 0.251 e. The van der Waals surface area contributed by atoms with Crippen molar-refractivity contribution in [1.82, 2.24) is 25.5 Å². The summed E-state index contributed by atoms with van der Waals surface area (Å²) >= 11 is 1.17. The van der Waals surface area contributed by atoms with Crippen LogP contribution in [0.5, 0.6) is 5.75 Å². The fraction of sp³-hybridized carbons (Fsp3) is 0.167. The van der Waals surface area contributed by atoms with Crippen molar-refractivity contribution in [2.75, 3.05) is 17.6 Å². The molecule has 0 aliphatic rings. The van der Waals surface area contributed by atoms with Crippen LogP contribution >= 0.6 is 11.8 Å². The summed E-state index contributed by atoms with van der Waals surface area (Å²) in [6.45, 7) is 2.37. The lowest BCUT2D eigenvalue weighted by molar-refractivity contribution is -0.113. The first-order valence-corrected chi connectivity index (χ1v) is 9.44. The van der Waals surface area contributed by atoms with Crippen LogP contribution in [0.2, 0.25) is 0 Å². The number of carbonyl (C=O) groups excluding carboxylic acids is 2. The number of hydrogen-bond donors (Lipinski definition) is 3. The van der Waals surface area contributed by atoms with Gasteiger partial charge in [-0.2, -0.15) is 4.68 Å². The van der Waals surface area contributed by atoms with Crippen molar-refractivity contribution in [1.29, 1.82) is 0 Å². The van der Waals surface area contributed by atoms with E-state index in [4.69, 9.17) is 0 Å². The number of phenolic OH excluding ortho intramolecular Hbond substituents is 1. The van der Waals surface area contributed by atoms with Crippen LogP contribution in [0, 0.1) is 0 Å². The van der Waals surface area contributed by atoms with Crippen LogP contribution < -0.4 is 10.6 Å². The van der Waals surface area contributed by atoms with Gasteiger partial charge in [0.25, 0.3) is 5.91 Å². The third-order valence-electron chi connectivity index (χ3n) is 3.61. The maximum atomic E-state index is 12.3. The van der Waals surface area contributed by atoms with Crippen molar-refractivity contribution in [2.45, 2.75) is 12.1 Å². The first kappa shape index (κ1) is 19.4. The number of hydrogen-bond acceptors (Lipinski definition) is 7. The van der Waals surface area contributed by atoms with Gasteiger partial charge in [-0.1, -0.05) is 17.8 Å². The van der Waals surface area contributed by atoms with E-state index in [9.17, 15) is 14.7 Å². The summed E-state index contributed by atoms with van der Waals surface area (Å²) in [6.07, 6.45) is 0. The third kappa shape index (κ3) is 4.86. The fourth-order valence-electron chi connectivity index (χ4n) is 2.35. The molecule has 0 unspecified atom stereocenters. The van der Waals surface area contributed by atoms with Crippen molar-refractivity contribution >= 4 is 29.3 Å². The van der Waals surface area contributed by atoms with E-state index in [1.807, 2.05) is 6.92 Å². The van der Waals surface area contributed by atoms with E-state index in [0.29, 0.717) is 28.6 Å². The Labute approximate surface area is 165 Å². The number of thioether (sulfide) groups is 1. The van der Waals surface area contributed by atoms with Crippen LogP contribution in [-0.2, 0) is 4.79 Å². The Hall–Kier alpha value is -3.40. The Morgan fingerprint density at radius 3 is 2.71 bits per heavy atom. The van der Waals surface area contributed by atoms with Crippen LogP contribution in [0.25, 0.3) is 5.69 Å². The number of aromatic nitrogens is 4. The standard InChI is InChI=1S/C18H18N6O3S/c1-2-19-17(27)12-4-3-5-13(10-12)20-16(26)11-28-18-21-22-23-24(18)14-6-8-15(25)9-7-14/h3-10,25H,2,11H2,1H3,(H,19,27)(H,20,26). The van der Waals surface area contributed by atoms with Gasteiger partial charge in [-0.3, -0.25) is 9.59 Å². The molecule has 0 saturated carbocycles. The second-order valence-electron chi connectivity index (χ2n) is 5.67. The molecule has 9 nitrogen and oxygen atoms in total. The molecule has 0 aliphatic heterocycles. The number of carbonyl (C=O) groups is 2. The highest BCUT2D eigenvalue weighted by Crippen LogP contribution is 2.20. The predicted octanol–water partition coefficient (Wildman–Crippen LogP) is 1.85. The summed E-state index contributed by atoms with van der Waals surface area (Å²) < 4.78 is 1.48. The minimum atomic E-state index is -0.252. The van der Waals surface area contributed by atoms with Gasteiger partial charge >= 0.3 is 0 Å². The topological polar surface area (TPSA) is 122 Å². The van der Waals surface area contributed by atoms with Crippen molar-refractivity contribution in [3.8, 4) is 11.4 Å². The molecule has 0 fully saturated rings. The number of rotatable bonds is 7. The maximum Gasteiger partial charge on any atom is 0.251 e. The summed E-state index contributed by atoms with van der Waals surface area (Å²) in [5, 5.41) is 26.8. The average Bonchev–Trinajstić information content (AvgIpc) is 3.16. The Kier molecular flexibility index (Phi) is 6.22. The minimum Gasteiger partial charge on any atom is -0.508 e. The zero-order chi connectivity index (χ0) is 19.9. The van der Waals surface area contributed by atoms with E-state index in [1.54, 1.807) is 36.4 Å². The summed E-state index contributed by atoms with van der Waals surface area (Å²) in [6, 6.07) is 13.1. The Balaban J connectivity index is 1.61. The third-order valence-corrected chi connectivity index (χ3v) is 4.53. The van der Waals surface area contributed by atoms with E-state index in [-0.39, 0.29) is 23.3 Å². The molecule has 10 heteroatoms. The van der Waals surface area contributed by atoms with E-state index in [0.717, 1.165) is 0 Å². The predicted molar refractivity (Wildman–Crippen MR) is 105 cm³/mol. The molecule has 0 radical (unpaired) electrons. The highest BCUT2D eigenvalue weighted by molar-refractivity contribution is 7.99. The Bertz CT molecular complexity index is 973. The van der Waals surface area contributed by atoms with Gasteiger partial charge < -0.3 is 15.7 Å². The number of tetrazole rings is 1. The van der Waals surface area contributed by atoms with Crippen LogP contribution in [0.3, 0.4) is 0 Å². The fourth-order valence-corrected chi connectivity index (χ4v) is 3.04. The number of amides is 2. The first-order chi connectivity index (χ1) is 13.6. The Morgan fingerprint density at radius 1 is 1.18 bits per heavy atom. The maximum absolute atomic E-state index is 12.3.